The van der Waals surface area contributed by atoms with Gasteiger partial charge in [0.1, 0.15) is 0 Å². The zero-order chi connectivity index (χ0) is 14.7. The first-order chi connectivity index (χ1) is 10.3. The van der Waals surface area contributed by atoms with Gasteiger partial charge in [-0.25, -0.2) is 0 Å². The van der Waals surface area contributed by atoms with Crippen molar-refractivity contribution in [3.63, 3.8) is 0 Å². The van der Waals surface area contributed by atoms with Crippen molar-refractivity contribution in [3.8, 4) is 11.1 Å². The Labute approximate surface area is 129 Å². The molecule has 21 heavy (non-hydrogen) atoms. The Morgan fingerprint density at radius 1 is 1.14 bits per heavy atom. The summed E-state index contributed by atoms with van der Waals surface area (Å²) < 4.78 is 0. The minimum Gasteiger partial charge on any atom is -0.363 e. The van der Waals surface area contributed by atoms with Gasteiger partial charge in [-0.15, -0.1) is 0 Å². The van der Waals surface area contributed by atoms with Crippen LogP contribution in [-0.2, 0) is 0 Å². The highest BCUT2D eigenvalue weighted by Gasteiger charge is 2.05. The second-order valence-corrected chi connectivity index (χ2v) is 5.22. The first-order valence-corrected chi connectivity index (χ1v) is 7.40. The zero-order valence-electron chi connectivity index (χ0n) is 11.8. The summed E-state index contributed by atoms with van der Waals surface area (Å²) in [5.41, 5.74) is 4.49. The minimum absolute atomic E-state index is 0.646. The average molecular weight is 295 g/mol. The maximum absolute atomic E-state index is 5.23. The highest BCUT2D eigenvalue weighted by atomic mass is 32.1. The number of nitrogens with one attached hydrogen (secondary N) is 3. The molecule has 0 saturated carbocycles. The van der Waals surface area contributed by atoms with E-state index in [2.05, 4.69) is 52.0 Å². The van der Waals surface area contributed by atoms with E-state index in [4.69, 9.17) is 12.2 Å². The van der Waals surface area contributed by atoms with E-state index in [9.17, 15) is 0 Å². The first-order valence-electron chi connectivity index (χ1n) is 6.99. The normalized spacial score (nSPS) is 10.5. The van der Waals surface area contributed by atoms with Crippen molar-refractivity contribution in [2.24, 2.45) is 0 Å². The van der Waals surface area contributed by atoms with Crippen LogP contribution in [-0.4, -0.2) is 16.6 Å². The third kappa shape index (κ3) is 2.90. The molecular weight excluding hydrogens is 278 g/mol. The fourth-order valence-corrected chi connectivity index (χ4v) is 2.69. The molecule has 0 atom stereocenters. The van der Waals surface area contributed by atoms with Crippen LogP contribution in [0.3, 0.4) is 0 Å². The highest BCUT2D eigenvalue weighted by Crippen LogP contribution is 2.29. The number of hydrogen-bond acceptors (Lipinski definition) is 1. The Balaban J connectivity index is 1.96. The number of rotatable bonds is 3. The van der Waals surface area contributed by atoms with Gasteiger partial charge in [-0.05, 0) is 48.3 Å². The van der Waals surface area contributed by atoms with Crippen LogP contribution in [0.2, 0.25) is 0 Å². The topological polar surface area (TPSA) is 39.8 Å². The van der Waals surface area contributed by atoms with Crippen LogP contribution in [0, 0.1) is 0 Å². The van der Waals surface area contributed by atoms with E-state index in [1.807, 2.05) is 25.3 Å². The highest BCUT2D eigenvalue weighted by molar-refractivity contribution is 7.80. The van der Waals surface area contributed by atoms with Gasteiger partial charge in [0.2, 0.25) is 0 Å². The summed E-state index contributed by atoms with van der Waals surface area (Å²) >= 11 is 5.23. The van der Waals surface area contributed by atoms with Crippen LogP contribution in [0.25, 0.3) is 22.0 Å². The van der Waals surface area contributed by atoms with Gasteiger partial charge in [0.25, 0.3) is 0 Å². The number of aromatic nitrogens is 1. The standard InChI is InChI=1S/C17H17N3S/c1-2-18-17(21)20-14-7-3-6-13(11-14)15-8-4-5-12-9-10-19-16(12)15/h3-11,19H,2H2,1H3,(H2,18,20,21). The fraction of sp³-hybridized carbons (Fsp3) is 0.118. The van der Waals surface area contributed by atoms with Crippen molar-refractivity contribution in [2.45, 2.75) is 6.92 Å². The molecule has 106 valence electrons. The van der Waals surface area contributed by atoms with E-state index in [1.54, 1.807) is 0 Å². The Kier molecular flexibility index (Phi) is 3.88. The molecule has 3 rings (SSSR count). The molecule has 0 aliphatic carbocycles. The van der Waals surface area contributed by atoms with Crippen molar-refractivity contribution in [1.29, 1.82) is 0 Å². The van der Waals surface area contributed by atoms with E-state index in [1.165, 1.54) is 10.9 Å². The van der Waals surface area contributed by atoms with Gasteiger partial charge in [0.05, 0.1) is 5.52 Å². The minimum atomic E-state index is 0.646. The molecular formula is C17H17N3S. The number of benzene rings is 2. The molecule has 1 heterocycles. The maximum Gasteiger partial charge on any atom is 0.170 e. The number of thiocarbonyl (C=S) groups is 1. The summed E-state index contributed by atoms with van der Waals surface area (Å²) in [6.07, 6.45) is 1.97. The average Bonchev–Trinajstić information content (AvgIpc) is 2.96. The summed E-state index contributed by atoms with van der Waals surface area (Å²) in [6.45, 7) is 2.84. The Morgan fingerprint density at radius 3 is 2.86 bits per heavy atom. The van der Waals surface area contributed by atoms with Gasteiger partial charge in [0, 0.05) is 24.0 Å². The van der Waals surface area contributed by atoms with E-state index in [-0.39, 0.29) is 0 Å². The summed E-state index contributed by atoms with van der Waals surface area (Å²) in [5.74, 6) is 0. The lowest BCUT2D eigenvalue weighted by Crippen LogP contribution is -2.27. The van der Waals surface area contributed by atoms with E-state index in [0.29, 0.717) is 5.11 Å². The molecule has 0 aliphatic heterocycles. The molecule has 0 fully saturated rings. The molecule has 3 N–H and O–H groups in total. The fourth-order valence-electron chi connectivity index (χ4n) is 2.43. The summed E-state index contributed by atoms with van der Waals surface area (Å²) in [7, 11) is 0. The SMILES string of the molecule is CCNC(=S)Nc1cccc(-c2cccc3cc[nH]c23)c1. The number of hydrogen-bond donors (Lipinski definition) is 3. The predicted molar refractivity (Wildman–Crippen MR) is 93.6 cm³/mol. The van der Waals surface area contributed by atoms with E-state index < -0.39 is 0 Å². The smallest absolute Gasteiger partial charge is 0.170 e. The Bertz CT molecular complexity index is 776. The molecule has 0 unspecified atom stereocenters. The third-order valence-electron chi connectivity index (χ3n) is 3.36. The molecule has 0 radical (unpaired) electrons. The first kappa shape index (κ1) is 13.6. The van der Waals surface area contributed by atoms with Crippen LogP contribution >= 0.6 is 12.2 Å². The molecule has 4 heteroatoms. The Hall–Kier alpha value is -2.33. The Morgan fingerprint density at radius 2 is 2.00 bits per heavy atom. The van der Waals surface area contributed by atoms with Gasteiger partial charge in [-0.2, -0.15) is 0 Å². The second kappa shape index (κ2) is 5.97. The third-order valence-corrected chi connectivity index (χ3v) is 3.60. The largest absolute Gasteiger partial charge is 0.363 e. The van der Waals surface area contributed by atoms with E-state index >= 15 is 0 Å². The molecule has 3 nitrogen and oxygen atoms in total. The monoisotopic (exact) mass is 295 g/mol. The summed E-state index contributed by atoms with van der Waals surface area (Å²) in [6, 6.07) is 16.7. The van der Waals surface area contributed by atoms with Crippen LogP contribution < -0.4 is 10.6 Å². The number of anilines is 1. The van der Waals surface area contributed by atoms with Crippen molar-refractivity contribution in [2.75, 3.05) is 11.9 Å². The summed E-state index contributed by atoms with van der Waals surface area (Å²) in [4.78, 5) is 3.31. The van der Waals surface area contributed by atoms with Crippen molar-refractivity contribution in [3.05, 3.63) is 54.7 Å². The lowest BCUT2D eigenvalue weighted by atomic mass is 10.0. The lowest BCUT2D eigenvalue weighted by molar-refractivity contribution is 0.979. The van der Waals surface area contributed by atoms with Gasteiger partial charge in [-0.1, -0.05) is 30.3 Å². The number of para-hydroxylation sites is 1. The molecule has 2 aromatic carbocycles. The molecule has 0 aliphatic rings. The molecule has 1 aromatic heterocycles. The molecule has 0 saturated heterocycles. The van der Waals surface area contributed by atoms with E-state index in [0.717, 1.165) is 23.3 Å². The van der Waals surface area contributed by atoms with Gasteiger partial charge < -0.3 is 15.6 Å². The van der Waals surface area contributed by atoms with Crippen LogP contribution in [0.15, 0.2) is 54.7 Å². The lowest BCUT2D eigenvalue weighted by Gasteiger charge is -2.11. The van der Waals surface area contributed by atoms with Crippen LogP contribution in [0.1, 0.15) is 6.92 Å². The molecule has 0 spiro atoms. The molecule has 3 aromatic rings. The van der Waals surface area contributed by atoms with Crippen LogP contribution in [0.4, 0.5) is 5.69 Å². The zero-order valence-corrected chi connectivity index (χ0v) is 12.6. The predicted octanol–water partition coefficient (Wildman–Crippen LogP) is 4.14. The maximum atomic E-state index is 5.23. The molecule has 0 amide bonds. The number of fused-ring (bicyclic) bond motifs is 1. The van der Waals surface area contributed by atoms with Gasteiger partial charge in [0.15, 0.2) is 5.11 Å². The number of aromatic amines is 1. The van der Waals surface area contributed by atoms with Crippen LogP contribution in [0.5, 0.6) is 0 Å². The van der Waals surface area contributed by atoms with Crippen molar-refractivity contribution < 1.29 is 0 Å². The van der Waals surface area contributed by atoms with Gasteiger partial charge in [-0.3, -0.25) is 0 Å². The van der Waals surface area contributed by atoms with Gasteiger partial charge >= 0.3 is 0 Å². The number of H-pyrrole nitrogens is 1. The van der Waals surface area contributed by atoms with Crippen molar-refractivity contribution >= 4 is 33.9 Å². The second-order valence-electron chi connectivity index (χ2n) is 4.81. The molecule has 0 bridgehead atoms. The van der Waals surface area contributed by atoms with Crippen molar-refractivity contribution in [1.82, 2.24) is 10.3 Å². The summed E-state index contributed by atoms with van der Waals surface area (Å²) in [5, 5.41) is 8.16. The quantitative estimate of drug-likeness (QED) is 0.636.